The smallest absolute Gasteiger partial charge is 0.123 e. The van der Waals surface area contributed by atoms with Gasteiger partial charge in [0.05, 0.1) is 10.2 Å². The summed E-state index contributed by atoms with van der Waals surface area (Å²) in [7, 11) is 3.75. The van der Waals surface area contributed by atoms with Crippen LogP contribution in [-0.4, -0.2) is 16.8 Å². The first kappa shape index (κ1) is 12.3. The van der Waals surface area contributed by atoms with E-state index >= 15 is 0 Å². The van der Waals surface area contributed by atoms with Crippen molar-refractivity contribution < 1.29 is 4.39 Å². The number of aryl methyl sites for hydroxylation is 1. The van der Waals surface area contributed by atoms with Gasteiger partial charge in [-0.25, -0.2) is 4.39 Å². The van der Waals surface area contributed by atoms with E-state index in [4.69, 9.17) is 0 Å². The summed E-state index contributed by atoms with van der Waals surface area (Å²) in [5.41, 5.74) is 2.57. The number of benzene rings is 1. The van der Waals surface area contributed by atoms with Crippen LogP contribution >= 0.6 is 15.9 Å². The first-order valence-corrected chi connectivity index (χ1v) is 6.04. The Balaban J connectivity index is 2.50. The molecule has 0 unspecified atom stereocenters. The van der Waals surface area contributed by atoms with Crippen LogP contribution < -0.4 is 5.32 Å². The number of hydrogen-bond donors (Lipinski definition) is 1. The van der Waals surface area contributed by atoms with E-state index in [1.807, 2.05) is 20.2 Å². The van der Waals surface area contributed by atoms with Crippen LogP contribution in [0.4, 0.5) is 4.39 Å². The summed E-state index contributed by atoms with van der Waals surface area (Å²) >= 11 is 3.52. The first-order chi connectivity index (χ1) is 8.13. The van der Waals surface area contributed by atoms with E-state index in [1.165, 1.54) is 12.1 Å². The molecule has 0 aliphatic heterocycles. The van der Waals surface area contributed by atoms with Crippen LogP contribution in [0.1, 0.15) is 5.69 Å². The van der Waals surface area contributed by atoms with Crippen LogP contribution in [-0.2, 0) is 13.6 Å². The molecule has 1 N–H and O–H groups in total. The van der Waals surface area contributed by atoms with Crippen molar-refractivity contribution in [3.8, 4) is 11.3 Å². The standard InChI is InChI=1S/C12H13BrFN3/c1-15-7-10-11(13)12(16-17(10)2)8-4-3-5-9(14)6-8/h3-6,15H,7H2,1-2H3. The van der Waals surface area contributed by atoms with Crippen molar-refractivity contribution in [2.45, 2.75) is 6.54 Å². The van der Waals surface area contributed by atoms with Crippen molar-refractivity contribution in [3.05, 3.63) is 40.2 Å². The lowest BCUT2D eigenvalue weighted by molar-refractivity contribution is 0.628. The van der Waals surface area contributed by atoms with Gasteiger partial charge in [0.25, 0.3) is 0 Å². The molecule has 0 saturated carbocycles. The molecule has 1 aromatic carbocycles. The van der Waals surface area contributed by atoms with Gasteiger partial charge in [-0.15, -0.1) is 0 Å². The number of rotatable bonds is 3. The molecule has 0 spiro atoms. The zero-order valence-corrected chi connectivity index (χ0v) is 11.3. The molecule has 0 amide bonds. The van der Waals surface area contributed by atoms with Crippen LogP contribution in [0.5, 0.6) is 0 Å². The van der Waals surface area contributed by atoms with Crippen molar-refractivity contribution in [3.63, 3.8) is 0 Å². The third kappa shape index (κ3) is 2.40. The molecule has 2 rings (SSSR count). The first-order valence-electron chi connectivity index (χ1n) is 5.25. The molecule has 2 aromatic rings. The molecule has 3 nitrogen and oxygen atoms in total. The van der Waals surface area contributed by atoms with Gasteiger partial charge in [-0.1, -0.05) is 12.1 Å². The molecule has 0 atom stereocenters. The molecule has 1 aromatic heterocycles. The van der Waals surface area contributed by atoms with E-state index < -0.39 is 0 Å². The lowest BCUT2D eigenvalue weighted by Crippen LogP contribution is -2.10. The Morgan fingerprint density at radius 3 is 2.88 bits per heavy atom. The highest BCUT2D eigenvalue weighted by atomic mass is 79.9. The molecule has 1 heterocycles. The Labute approximate surface area is 108 Å². The maximum absolute atomic E-state index is 13.2. The number of hydrogen-bond acceptors (Lipinski definition) is 2. The molecular formula is C12H13BrFN3. The monoisotopic (exact) mass is 297 g/mol. The Bertz CT molecular complexity index is 537. The van der Waals surface area contributed by atoms with E-state index in [1.54, 1.807) is 10.7 Å². The summed E-state index contributed by atoms with van der Waals surface area (Å²) in [6.45, 7) is 0.708. The van der Waals surface area contributed by atoms with Gasteiger partial charge >= 0.3 is 0 Å². The third-order valence-electron chi connectivity index (χ3n) is 2.54. The number of aromatic nitrogens is 2. The van der Waals surface area contributed by atoms with Crippen molar-refractivity contribution in [1.29, 1.82) is 0 Å². The zero-order valence-electron chi connectivity index (χ0n) is 9.67. The van der Waals surface area contributed by atoms with Gasteiger partial charge in [0.1, 0.15) is 11.5 Å². The van der Waals surface area contributed by atoms with Crippen LogP contribution in [0, 0.1) is 5.82 Å². The lowest BCUT2D eigenvalue weighted by Gasteiger charge is -2.00. The largest absolute Gasteiger partial charge is 0.314 e. The second kappa shape index (κ2) is 4.98. The number of nitrogens with zero attached hydrogens (tertiary/aromatic N) is 2. The predicted molar refractivity (Wildman–Crippen MR) is 69.1 cm³/mol. The summed E-state index contributed by atoms with van der Waals surface area (Å²) < 4.78 is 15.9. The minimum Gasteiger partial charge on any atom is -0.314 e. The van der Waals surface area contributed by atoms with Crippen molar-refractivity contribution in [1.82, 2.24) is 15.1 Å². The Morgan fingerprint density at radius 1 is 1.47 bits per heavy atom. The fourth-order valence-corrected chi connectivity index (χ4v) is 2.42. The van der Waals surface area contributed by atoms with Gasteiger partial charge in [-0.3, -0.25) is 4.68 Å². The van der Waals surface area contributed by atoms with Gasteiger partial charge in [-0.2, -0.15) is 5.10 Å². The summed E-state index contributed by atoms with van der Waals surface area (Å²) in [5, 5.41) is 7.48. The van der Waals surface area contributed by atoms with Gasteiger partial charge in [0.15, 0.2) is 0 Å². The summed E-state index contributed by atoms with van der Waals surface area (Å²) in [4.78, 5) is 0. The molecule has 17 heavy (non-hydrogen) atoms. The minimum atomic E-state index is -0.254. The topological polar surface area (TPSA) is 29.9 Å². The van der Waals surface area contributed by atoms with E-state index in [9.17, 15) is 4.39 Å². The SMILES string of the molecule is CNCc1c(Br)c(-c2cccc(F)c2)nn1C. The van der Waals surface area contributed by atoms with Crippen molar-refractivity contribution >= 4 is 15.9 Å². The number of nitrogens with one attached hydrogen (secondary N) is 1. The number of halogens is 2. The average molecular weight is 298 g/mol. The van der Waals surface area contributed by atoms with E-state index in [0.717, 1.165) is 21.4 Å². The second-order valence-electron chi connectivity index (χ2n) is 3.77. The molecule has 90 valence electrons. The Kier molecular flexibility index (Phi) is 3.59. The molecule has 0 aliphatic rings. The van der Waals surface area contributed by atoms with Gasteiger partial charge in [0, 0.05) is 19.2 Å². The van der Waals surface area contributed by atoms with Crippen LogP contribution in [0.2, 0.25) is 0 Å². The Hall–Kier alpha value is -1.20. The van der Waals surface area contributed by atoms with Crippen molar-refractivity contribution in [2.24, 2.45) is 7.05 Å². The normalized spacial score (nSPS) is 10.8. The van der Waals surface area contributed by atoms with Crippen molar-refractivity contribution in [2.75, 3.05) is 7.05 Å². The lowest BCUT2D eigenvalue weighted by atomic mass is 10.1. The average Bonchev–Trinajstić information content (AvgIpc) is 2.57. The summed E-state index contributed by atoms with van der Waals surface area (Å²) in [5.74, 6) is -0.254. The van der Waals surface area contributed by atoms with Crippen LogP contribution in [0.25, 0.3) is 11.3 Å². The maximum Gasteiger partial charge on any atom is 0.123 e. The molecular weight excluding hydrogens is 285 g/mol. The summed E-state index contributed by atoms with van der Waals surface area (Å²) in [6.07, 6.45) is 0. The van der Waals surface area contributed by atoms with E-state index in [-0.39, 0.29) is 5.82 Å². The highest BCUT2D eigenvalue weighted by molar-refractivity contribution is 9.10. The fraction of sp³-hybridized carbons (Fsp3) is 0.250. The third-order valence-corrected chi connectivity index (χ3v) is 3.38. The second-order valence-corrected chi connectivity index (χ2v) is 4.57. The Morgan fingerprint density at radius 2 is 2.24 bits per heavy atom. The fourth-order valence-electron chi connectivity index (χ4n) is 1.71. The molecule has 5 heteroatoms. The predicted octanol–water partition coefficient (Wildman–Crippen LogP) is 2.71. The van der Waals surface area contributed by atoms with Crippen LogP contribution in [0.3, 0.4) is 0 Å². The maximum atomic E-state index is 13.2. The molecule has 0 radical (unpaired) electrons. The zero-order chi connectivity index (χ0) is 12.4. The highest BCUT2D eigenvalue weighted by Crippen LogP contribution is 2.30. The molecule has 0 fully saturated rings. The molecule has 0 bridgehead atoms. The van der Waals surface area contributed by atoms with Crippen LogP contribution in [0.15, 0.2) is 28.7 Å². The van der Waals surface area contributed by atoms with E-state index in [2.05, 4.69) is 26.3 Å². The van der Waals surface area contributed by atoms with Gasteiger partial charge in [0.2, 0.25) is 0 Å². The summed E-state index contributed by atoms with van der Waals surface area (Å²) in [6, 6.07) is 6.44. The molecule has 0 aliphatic carbocycles. The minimum absolute atomic E-state index is 0.254. The quantitative estimate of drug-likeness (QED) is 0.944. The van der Waals surface area contributed by atoms with E-state index in [0.29, 0.717) is 6.54 Å². The van der Waals surface area contributed by atoms with Gasteiger partial charge < -0.3 is 5.32 Å². The molecule has 0 saturated heterocycles. The van der Waals surface area contributed by atoms with Gasteiger partial charge in [-0.05, 0) is 35.1 Å². The highest BCUT2D eigenvalue weighted by Gasteiger charge is 2.14.